The Hall–Kier alpha value is -0.120. The SMILES string of the molecule is C1CCC2(CC1)CCNOO2. The van der Waals surface area contributed by atoms with Crippen molar-refractivity contribution in [1.82, 2.24) is 5.48 Å². The molecule has 2 rings (SSSR count). The summed E-state index contributed by atoms with van der Waals surface area (Å²) >= 11 is 0. The molecule has 1 aliphatic carbocycles. The summed E-state index contributed by atoms with van der Waals surface area (Å²) in [5, 5.41) is 0. The average Bonchev–Trinajstić information content (AvgIpc) is 2.07. The van der Waals surface area contributed by atoms with Crippen LogP contribution in [0.15, 0.2) is 0 Å². The molecule has 11 heavy (non-hydrogen) atoms. The third-order valence-electron chi connectivity index (χ3n) is 2.72. The van der Waals surface area contributed by atoms with Crippen molar-refractivity contribution in [2.75, 3.05) is 6.54 Å². The van der Waals surface area contributed by atoms with Crippen molar-refractivity contribution in [1.29, 1.82) is 0 Å². The quantitative estimate of drug-likeness (QED) is 0.541. The highest BCUT2D eigenvalue weighted by molar-refractivity contribution is 4.84. The van der Waals surface area contributed by atoms with Gasteiger partial charge in [0.05, 0.1) is 0 Å². The molecule has 0 aromatic carbocycles. The Morgan fingerprint density at radius 3 is 2.45 bits per heavy atom. The lowest BCUT2D eigenvalue weighted by atomic mass is 9.82. The van der Waals surface area contributed by atoms with Crippen LogP contribution in [0.2, 0.25) is 0 Å². The van der Waals surface area contributed by atoms with Crippen LogP contribution >= 0.6 is 0 Å². The van der Waals surface area contributed by atoms with E-state index in [2.05, 4.69) is 5.48 Å². The van der Waals surface area contributed by atoms with Gasteiger partial charge in [0.25, 0.3) is 0 Å². The Morgan fingerprint density at radius 2 is 1.82 bits per heavy atom. The first-order valence-electron chi connectivity index (χ1n) is 4.49. The van der Waals surface area contributed by atoms with Gasteiger partial charge in [-0.1, -0.05) is 19.3 Å². The maximum atomic E-state index is 5.30. The van der Waals surface area contributed by atoms with Gasteiger partial charge in [-0.3, -0.25) is 0 Å². The highest BCUT2D eigenvalue weighted by Crippen LogP contribution is 2.35. The van der Waals surface area contributed by atoms with E-state index in [9.17, 15) is 0 Å². The van der Waals surface area contributed by atoms with E-state index in [0.717, 1.165) is 13.0 Å². The van der Waals surface area contributed by atoms with Gasteiger partial charge in [0.15, 0.2) is 0 Å². The zero-order valence-corrected chi connectivity index (χ0v) is 6.77. The van der Waals surface area contributed by atoms with Crippen LogP contribution in [0.25, 0.3) is 0 Å². The first kappa shape index (κ1) is 7.53. The predicted molar refractivity (Wildman–Crippen MR) is 40.6 cm³/mol. The fourth-order valence-corrected chi connectivity index (χ4v) is 2.01. The molecule has 0 radical (unpaired) electrons. The number of hydrogen-bond donors (Lipinski definition) is 1. The molecular weight excluding hydrogens is 142 g/mol. The molecule has 2 fully saturated rings. The van der Waals surface area contributed by atoms with E-state index in [1.165, 1.54) is 32.1 Å². The van der Waals surface area contributed by atoms with E-state index in [4.69, 9.17) is 9.88 Å². The molecule has 1 spiro atoms. The fraction of sp³-hybridized carbons (Fsp3) is 1.00. The maximum absolute atomic E-state index is 5.30. The van der Waals surface area contributed by atoms with E-state index in [-0.39, 0.29) is 5.60 Å². The summed E-state index contributed by atoms with van der Waals surface area (Å²) in [6.45, 7) is 0.931. The average molecular weight is 157 g/mol. The number of hydroxylamine groups is 1. The molecule has 0 aromatic heterocycles. The minimum Gasteiger partial charge on any atom is -0.211 e. The van der Waals surface area contributed by atoms with Crippen molar-refractivity contribution in [3.63, 3.8) is 0 Å². The van der Waals surface area contributed by atoms with E-state index in [1.54, 1.807) is 0 Å². The second kappa shape index (κ2) is 3.09. The Kier molecular flexibility index (Phi) is 2.11. The number of nitrogens with one attached hydrogen (secondary N) is 1. The van der Waals surface area contributed by atoms with E-state index >= 15 is 0 Å². The Bertz CT molecular complexity index is 107. The molecule has 0 bridgehead atoms. The first-order chi connectivity index (χ1) is 5.41. The summed E-state index contributed by atoms with van der Waals surface area (Å²) in [4.78, 5) is 10.1. The van der Waals surface area contributed by atoms with Crippen molar-refractivity contribution < 1.29 is 9.88 Å². The van der Waals surface area contributed by atoms with Gasteiger partial charge in [0, 0.05) is 6.54 Å². The molecule has 0 aromatic rings. The van der Waals surface area contributed by atoms with Crippen LogP contribution in [-0.4, -0.2) is 12.1 Å². The third-order valence-corrected chi connectivity index (χ3v) is 2.72. The molecular formula is C8H15NO2. The highest BCUT2D eigenvalue weighted by Gasteiger charge is 2.36. The first-order valence-corrected chi connectivity index (χ1v) is 4.49. The molecule has 64 valence electrons. The van der Waals surface area contributed by atoms with Crippen LogP contribution in [-0.2, 0) is 9.88 Å². The second-order valence-electron chi connectivity index (χ2n) is 3.55. The summed E-state index contributed by atoms with van der Waals surface area (Å²) < 4.78 is 0. The van der Waals surface area contributed by atoms with Gasteiger partial charge in [0.2, 0.25) is 0 Å². The van der Waals surface area contributed by atoms with Gasteiger partial charge in [-0.25, -0.2) is 4.89 Å². The van der Waals surface area contributed by atoms with Crippen LogP contribution in [0.5, 0.6) is 0 Å². The van der Waals surface area contributed by atoms with Gasteiger partial charge < -0.3 is 0 Å². The Balaban J connectivity index is 1.94. The molecule has 0 atom stereocenters. The Morgan fingerprint density at radius 1 is 1.00 bits per heavy atom. The van der Waals surface area contributed by atoms with E-state index in [1.807, 2.05) is 0 Å². The highest BCUT2D eigenvalue weighted by atomic mass is 17.3. The van der Waals surface area contributed by atoms with Crippen LogP contribution in [0.1, 0.15) is 38.5 Å². The molecule has 1 N–H and O–H groups in total. The molecule has 1 heterocycles. The molecule has 0 amide bonds. The summed E-state index contributed by atoms with van der Waals surface area (Å²) in [5.41, 5.74) is 2.81. The molecule has 3 heteroatoms. The Labute approximate surface area is 66.9 Å². The maximum Gasteiger partial charge on any atom is 0.107 e. The van der Waals surface area contributed by atoms with Gasteiger partial charge in [0.1, 0.15) is 5.60 Å². The van der Waals surface area contributed by atoms with Crippen LogP contribution in [0.3, 0.4) is 0 Å². The van der Waals surface area contributed by atoms with Gasteiger partial charge in [-0.15, -0.1) is 4.99 Å². The molecule has 3 nitrogen and oxygen atoms in total. The van der Waals surface area contributed by atoms with E-state index < -0.39 is 0 Å². The minimum absolute atomic E-state index is 0.0729. The minimum atomic E-state index is 0.0729. The molecule has 1 saturated carbocycles. The molecule has 1 saturated heterocycles. The van der Waals surface area contributed by atoms with Crippen molar-refractivity contribution >= 4 is 0 Å². The number of rotatable bonds is 0. The van der Waals surface area contributed by atoms with Crippen LogP contribution in [0.4, 0.5) is 0 Å². The molecule has 2 aliphatic rings. The van der Waals surface area contributed by atoms with Crippen molar-refractivity contribution in [3.8, 4) is 0 Å². The second-order valence-corrected chi connectivity index (χ2v) is 3.55. The summed E-state index contributed by atoms with van der Waals surface area (Å²) in [6, 6.07) is 0. The molecule has 0 unspecified atom stereocenters. The summed E-state index contributed by atoms with van der Waals surface area (Å²) in [7, 11) is 0. The fourth-order valence-electron chi connectivity index (χ4n) is 2.01. The zero-order valence-electron chi connectivity index (χ0n) is 6.77. The lowest BCUT2D eigenvalue weighted by Crippen LogP contribution is -2.44. The normalized spacial score (nSPS) is 30.5. The third kappa shape index (κ3) is 1.55. The smallest absolute Gasteiger partial charge is 0.107 e. The standard InChI is InChI=1S/C8H15NO2/c1-2-4-8(5-3-1)6-7-9-11-10-8/h9H,1-7H2. The van der Waals surface area contributed by atoms with Crippen molar-refractivity contribution in [2.45, 2.75) is 44.1 Å². The van der Waals surface area contributed by atoms with Crippen LogP contribution in [0, 0.1) is 0 Å². The number of hydrogen-bond acceptors (Lipinski definition) is 3. The van der Waals surface area contributed by atoms with E-state index in [0.29, 0.717) is 0 Å². The van der Waals surface area contributed by atoms with Crippen molar-refractivity contribution in [3.05, 3.63) is 0 Å². The topological polar surface area (TPSA) is 30.5 Å². The predicted octanol–water partition coefficient (Wildman–Crippen LogP) is 1.55. The lowest BCUT2D eigenvalue weighted by Gasteiger charge is -2.38. The molecule has 1 aliphatic heterocycles. The van der Waals surface area contributed by atoms with Gasteiger partial charge in [-0.05, 0) is 19.3 Å². The summed E-state index contributed by atoms with van der Waals surface area (Å²) in [5.74, 6) is 0. The van der Waals surface area contributed by atoms with Gasteiger partial charge in [-0.2, -0.15) is 5.48 Å². The van der Waals surface area contributed by atoms with Crippen LogP contribution < -0.4 is 5.48 Å². The summed E-state index contributed by atoms with van der Waals surface area (Å²) in [6.07, 6.45) is 7.40. The lowest BCUT2D eigenvalue weighted by molar-refractivity contribution is -0.421. The monoisotopic (exact) mass is 157 g/mol. The van der Waals surface area contributed by atoms with Crippen molar-refractivity contribution in [2.24, 2.45) is 0 Å². The zero-order chi connectivity index (χ0) is 7.57. The van der Waals surface area contributed by atoms with Gasteiger partial charge >= 0.3 is 0 Å². The largest absolute Gasteiger partial charge is 0.211 e.